The first-order chi connectivity index (χ1) is 9.58. The van der Waals surface area contributed by atoms with Crippen molar-refractivity contribution in [1.29, 1.82) is 0 Å². The van der Waals surface area contributed by atoms with E-state index < -0.39 is 0 Å². The molecule has 0 saturated heterocycles. The zero-order valence-electron chi connectivity index (χ0n) is 12.6. The number of benzene rings is 1. The topological polar surface area (TPSA) is 12.0 Å². The third-order valence-corrected chi connectivity index (χ3v) is 5.26. The summed E-state index contributed by atoms with van der Waals surface area (Å²) in [5, 5.41) is 4.47. The lowest BCUT2D eigenvalue weighted by Crippen LogP contribution is -2.34. The van der Waals surface area contributed by atoms with Gasteiger partial charge in [-0.15, -0.1) is 0 Å². The van der Waals surface area contributed by atoms with Crippen LogP contribution in [-0.4, -0.2) is 23.6 Å². The molecule has 1 nitrogen and oxygen atoms in total. The lowest BCUT2D eigenvalue weighted by atomic mass is 10.1. The van der Waals surface area contributed by atoms with E-state index in [0.717, 1.165) is 30.7 Å². The first-order valence-electron chi connectivity index (χ1n) is 7.36. The smallest absolute Gasteiger partial charge is 0.142 e. The third kappa shape index (κ3) is 6.02. The highest BCUT2D eigenvalue weighted by Crippen LogP contribution is 2.23. The Morgan fingerprint density at radius 2 is 2.10 bits per heavy atom. The Kier molecular flexibility index (Phi) is 8.58. The van der Waals surface area contributed by atoms with Gasteiger partial charge in [0.1, 0.15) is 5.82 Å². The molecule has 0 fully saturated rings. The van der Waals surface area contributed by atoms with Crippen molar-refractivity contribution in [2.75, 3.05) is 12.3 Å². The highest BCUT2D eigenvalue weighted by molar-refractivity contribution is 7.99. The number of halogens is 2. The maximum atomic E-state index is 13.5. The fourth-order valence-corrected chi connectivity index (χ4v) is 3.14. The summed E-state index contributed by atoms with van der Waals surface area (Å²) in [4.78, 5) is 0. The van der Waals surface area contributed by atoms with Crippen LogP contribution >= 0.6 is 23.4 Å². The average Bonchev–Trinajstić information content (AvgIpc) is 2.45. The van der Waals surface area contributed by atoms with Crippen LogP contribution in [0.4, 0.5) is 4.39 Å². The summed E-state index contributed by atoms with van der Waals surface area (Å²) in [6.45, 7) is 7.59. The van der Waals surface area contributed by atoms with Crippen LogP contribution in [0.2, 0.25) is 5.02 Å². The van der Waals surface area contributed by atoms with Crippen LogP contribution in [0.25, 0.3) is 0 Å². The van der Waals surface area contributed by atoms with E-state index >= 15 is 0 Å². The molecule has 0 heterocycles. The van der Waals surface area contributed by atoms with E-state index in [1.807, 2.05) is 17.8 Å². The minimum absolute atomic E-state index is 0.268. The number of hydrogen-bond acceptors (Lipinski definition) is 2. The first-order valence-corrected chi connectivity index (χ1v) is 8.79. The molecular formula is C16H25ClFNS. The zero-order chi connectivity index (χ0) is 15.0. The highest BCUT2D eigenvalue weighted by atomic mass is 35.5. The van der Waals surface area contributed by atoms with Crippen LogP contribution in [0.1, 0.15) is 39.2 Å². The van der Waals surface area contributed by atoms with Crippen molar-refractivity contribution in [2.45, 2.75) is 51.3 Å². The van der Waals surface area contributed by atoms with Crippen molar-refractivity contribution < 1.29 is 4.39 Å². The van der Waals surface area contributed by atoms with Crippen molar-refractivity contribution in [1.82, 2.24) is 5.32 Å². The standard InChI is InChI=1S/C16H25ClFNS/c1-4-9-19-14(11-20-12(3)5-2)10-13-7-6-8-15(18)16(13)17/h6-8,12,14,19H,4-5,9-11H2,1-3H3. The number of rotatable bonds is 9. The Labute approximate surface area is 131 Å². The number of hydrogen-bond donors (Lipinski definition) is 1. The summed E-state index contributed by atoms with van der Waals surface area (Å²) in [6, 6.07) is 5.40. The van der Waals surface area contributed by atoms with Crippen LogP contribution in [0.15, 0.2) is 18.2 Å². The lowest BCUT2D eigenvalue weighted by molar-refractivity contribution is 0.547. The first kappa shape index (κ1) is 17.8. The van der Waals surface area contributed by atoms with E-state index in [2.05, 4.69) is 26.1 Å². The summed E-state index contributed by atoms with van der Waals surface area (Å²) in [6.07, 6.45) is 3.05. The van der Waals surface area contributed by atoms with Gasteiger partial charge in [0, 0.05) is 17.0 Å². The number of nitrogens with one attached hydrogen (secondary N) is 1. The average molecular weight is 318 g/mol. The van der Waals surface area contributed by atoms with Crippen LogP contribution in [0.5, 0.6) is 0 Å². The van der Waals surface area contributed by atoms with Gasteiger partial charge in [-0.2, -0.15) is 11.8 Å². The largest absolute Gasteiger partial charge is 0.313 e. The molecule has 0 radical (unpaired) electrons. The molecule has 0 aliphatic rings. The van der Waals surface area contributed by atoms with E-state index in [1.165, 1.54) is 12.5 Å². The summed E-state index contributed by atoms with van der Waals surface area (Å²) >= 11 is 8.02. The highest BCUT2D eigenvalue weighted by Gasteiger charge is 2.14. The molecule has 2 atom stereocenters. The monoisotopic (exact) mass is 317 g/mol. The van der Waals surface area contributed by atoms with E-state index in [-0.39, 0.29) is 10.8 Å². The molecular weight excluding hydrogens is 293 g/mol. The molecule has 0 bridgehead atoms. The van der Waals surface area contributed by atoms with Gasteiger partial charge in [0.05, 0.1) is 5.02 Å². The molecule has 0 spiro atoms. The van der Waals surface area contributed by atoms with E-state index in [0.29, 0.717) is 11.3 Å². The Morgan fingerprint density at radius 1 is 1.35 bits per heavy atom. The summed E-state index contributed by atoms with van der Waals surface area (Å²) in [7, 11) is 0. The van der Waals surface area contributed by atoms with Crippen molar-refractivity contribution in [2.24, 2.45) is 0 Å². The van der Waals surface area contributed by atoms with Crippen molar-refractivity contribution in [3.8, 4) is 0 Å². The molecule has 114 valence electrons. The van der Waals surface area contributed by atoms with Gasteiger partial charge < -0.3 is 5.32 Å². The van der Waals surface area contributed by atoms with E-state index in [9.17, 15) is 4.39 Å². The van der Waals surface area contributed by atoms with Crippen LogP contribution in [-0.2, 0) is 6.42 Å². The van der Waals surface area contributed by atoms with Gasteiger partial charge >= 0.3 is 0 Å². The molecule has 0 aliphatic heterocycles. The Bertz CT molecular complexity index is 400. The maximum absolute atomic E-state index is 13.5. The molecule has 0 amide bonds. The van der Waals surface area contributed by atoms with Crippen LogP contribution in [0.3, 0.4) is 0 Å². The number of thioether (sulfide) groups is 1. The molecule has 1 aromatic rings. The normalized spacial score (nSPS) is 14.2. The Balaban J connectivity index is 2.65. The quantitative estimate of drug-likeness (QED) is 0.693. The third-order valence-electron chi connectivity index (χ3n) is 3.34. The molecule has 0 aliphatic carbocycles. The summed E-state index contributed by atoms with van der Waals surface area (Å²) < 4.78 is 13.5. The molecule has 0 aromatic heterocycles. The molecule has 2 unspecified atom stereocenters. The summed E-state index contributed by atoms with van der Waals surface area (Å²) in [5.74, 6) is 0.704. The lowest BCUT2D eigenvalue weighted by Gasteiger charge is -2.20. The molecule has 4 heteroatoms. The summed E-state index contributed by atoms with van der Waals surface area (Å²) in [5.41, 5.74) is 0.894. The second-order valence-corrected chi connectivity index (χ2v) is 6.97. The van der Waals surface area contributed by atoms with Gasteiger partial charge in [0.25, 0.3) is 0 Å². The van der Waals surface area contributed by atoms with Crippen molar-refractivity contribution >= 4 is 23.4 Å². The molecule has 0 saturated carbocycles. The van der Waals surface area contributed by atoms with Gasteiger partial charge in [-0.3, -0.25) is 0 Å². The SMILES string of the molecule is CCCNC(CSC(C)CC)Cc1cccc(F)c1Cl. The van der Waals surface area contributed by atoms with E-state index in [1.54, 1.807) is 6.07 Å². The van der Waals surface area contributed by atoms with Crippen LogP contribution in [0, 0.1) is 5.82 Å². The molecule has 20 heavy (non-hydrogen) atoms. The predicted octanol–water partition coefficient (Wildman–Crippen LogP) is 4.92. The van der Waals surface area contributed by atoms with Gasteiger partial charge in [-0.05, 0) is 37.4 Å². The zero-order valence-corrected chi connectivity index (χ0v) is 14.2. The second-order valence-electron chi connectivity index (χ2n) is 5.12. The minimum atomic E-state index is -0.326. The molecule has 1 aromatic carbocycles. The minimum Gasteiger partial charge on any atom is -0.313 e. The van der Waals surface area contributed by atoms with Gasteiger partial charge in [0.2, 0.25) is 0 Å². The van der Waals surface area contributed by atoms with Crippen LogP contribution < -0.4 is 5.32 Å². The fraction of sp³-hybridized carbons (Fsp3) is 0.625. The maximum Gasteiger partial charge on any atom is 0.142 e. The molecule has 1 rings (SSSR count). The Hall–Kier alpha value is -0.250. The van der Waals surface area contributed by atoms with Gasteiger partial charge in [-0.25, -0.2) is 4.39 Å². The van der Waals surface area contributed by atoms with Gasteiger partial charge in [-0.1, -0.05) is 44.5 Å². The van der Waals surface area contributed by atoms with Crippen molar-refractivity contribution in [3.63, 3.8) is 0 Å². The fourth-order valence-electron chi connectivity index (χ4n) is 1.91. The van der Waals surface area contributed by atoms with Gasteiger partial charge in [0.15, 0.2) is 0 Å². The van der Waals surface area contributed by atoms with Crippen molar-refractivity contribution in [3.05, 3.63) is 34.6 Å². The Morgan fingerprint density at radius 3 is 2.75 bits per heavy atom. The second kappa shape index (κ2) is 9.64. The van der Waals surface area contributed by atoms with E-state index in [4.69, 9.17) is 11.6 Å². The molecule has 1 N–H and O–H groups in total. The predicted molar refractivity (Wildman–Crippen MR) is 89.4 cm³/mol.